The molecule has 1 aliphatic carbocycles. The minimum atomic E-state index is 0.175. The van der Waals surface area contributed by atoms with E-state index in [1.807, 2.05) is 4.90 Å². The van der Waals surface area contributed by atoms with E-state index in [1.54, 1.807) is 0 Å². The van der Waals surface area contributed by atoms with Crippen molar-refractivity contribution >= 4 is 6.03 Å². The Bertz CT molecular complexity index is 226. The Hall–Kier alpha value is -0.730. The highest BCUT2D eigenvalue weighted by atomic mass is 16.2. The van der Waals surface area contributed by atoms with E-state index in [0.29, 0.717) is 12.1 Å². The van der Waals surface area contributed by atoms with Crippen LogP contribution in [0, 0.1) is 0 Å². The molecule has 0 spiro atoms. The molecule has 2 amide bonds. The molecule has 3 heteroatoms. The smallest absolute Gasteiger partial charge is 0.317 e. The Morgan fingerprint density at radius 1 is 1.13 bits per heavy atom. The number of nitrogens with one attached hydrogen (secondary N) is 1. The van der Waals surface area contributed by atoms with Crippen LogP contribution in [0.2, 0.25) is 0 Å². The summed E-state index contributed by atoms with van der Waals surface area (Å²) in [5, 5.41) is 3.13. The Morgan fingerprint density at radius 2 is 1.93 bits per heavy atom. The van der Waals surface area contributed by atoms with E-state index in [2.05, 4.69) is 12.2 Å². The summed E-state index contributed by atoms with van der Waals surface area (Å²) in [6.45, 7) is 3.12. The Labute approximate surface area is 92.2 Å². The van der Waals surface area contributed by atoms with Gasteiger partial charge in [-0.2, -0.15) is 0 Å². The van der Waals surface area contributed by atoms with Crippen LogP contribution in [0.15, 0.2) is 0 Å². The molecule has 1 heterocycles. The third-order valence-electron chi connectivity index (χ3n) is 3.75. The van der Waals surface area contributed by atoms with Crippen molar-refractivity contribution in [2.24, 2.45) is 0 Å². The number of carbonyl (C=O) groups is 1. The Morgan fingerprint density at radius 3 is 2.60 bits per heavy atom. The molecule has 0 radical (unpaired) electrons. The highest BCUT2D eigenvalue weighted by Gasteiger charge is 2.26. The first-order valence-electron chi connectivity index (χ1n) is 6.34. The predicted molar refractivity (Wildman–Crippen MR) is 60.8 cm³/mol. The summed E-state index contributed by atoms with van der Waals surface area (Å²) in [6, 6.07) is 1.06. The van der Waals surface area contributed by atoms with Crippen molar-refractivity contribution in [2.45, 2.75) is 64.0 Å². The molecule has 86 valence electrons. The quantitative estimate of drug-likeness (QED) is 0.708. The number of urea groups is 1. The number of nitrogens with zero attached hydrogens (tertiary/aromatic N) is 1. The summed E-state index contributed by atoms with van der Waals surface area (Å²) >= 11 is 0. The minimum absolute atomic E-state index is 0.175. The van der Waals surface area contributed by atoms with Crippen LogP contribution in [-0.2, 0) is 0 Å². The maximum absolute atomic E-state index is 12.0. The molecule has 15 heavy (non-hydrogen) atoms. The largest absolute Gasteiger partial charge is 0.335 e. The van der Waals surface area contributed by atoms with Crippen LogP contribution < -0.4 is 5.32 Å². The van der Waals surface area contributed by atoms with E-state index in [1.165, 1.54) is 38.5 Å². The molecule has 2 rings (SSSR count). The normalized spacial score (nSPS) is 28.1. The first kappa shape index (κ1) is 10.8. The second-order valence-corrected chi connectivity index (χ2v) is 4.97. The summed E-state index contributed by atoms with van der Waals surface area (Å²) < 4.78 is 0. The number of rotatable bonds is 1. The third-order valence-corrected chi connectivity index (χ3v) is 3.75. The van der Waals surface area contributed by atoms with Gasteiger partial charge in [-0.25, -0.2) is 4.79 Å². The maximum atomic E-state index is 12.0. The molecule has 2 aliphatic rings. The summed E-state index contributed by atoms with van der Waals surface area (Å²) in [5.74, 6) is 0. The van der Waals surface area contributed by atoms with E-state index < -0.39 is 0 Å². The zero-order chi connectivity index (χ0) is 10.7. The fourth-order valence-corrected chi connectivity index (χ4v) is 2.39. The highest BCUT2D eigenvalue weighted by molar-refractivity contribution is 5.75. The van der Waals surface area contributed by atoms with Gasteiger partial charge >= 0.3 is 6.03 Å². The average molecular weight is 210 g/mol. The van der Waals surface area contributed by atoms with Crippen LogP contribution in [0.4, 0.5) is 4.79 Å². The van der Waals surface area contributed by atoms with Gasteiger partial charge in [-0.1, -0.05) is 12.8 Å². The van der Waals surface area contributed by atoms with Crippen LogP contribution >= 0.6 is 0 Å². The molecular weight excluding hydrogens is 188 g/mol. The number of carbonyl (C=O) groups excluding carboxylic acids is 1. The molecule has 1 atom stereocenters. The molecule has 1 aliphatic heterocycles. The fourth-order valence-electron chi connectivity index (χ4n) is 2.39. The van der Waals surface area contributed by atoms with E-state index in [9.17, 15) is 4.79 Å². The van der Waals surface area contributed by atoms with Crippen LogP contribution in [0.25, 0.3) is 0 Å². The van der Waals surface area contributed by atoms with Gasteiger partial charge in [0.25, 0.3) is 0 Å². The number of likely N-dealkylation sites (tertiary alicyclic amines) is 1. The average Bonchev–Trinajstić information content (AvgIpc) is 2.36. The molecule has 1 saturated carbocycles. The first-order valence-corrected chi connectivity index (χ1v) is 6.34. The number of amides is 2. The monoisotopic (exact) mass is 210 g/mol. The van der Waals surface area contributed by atoms with E-state index >= 15 is 0 Å². The van der Waals surface area contributed by atoms with E-state index in [0.717, 1.165) is 13.0 Å². The van der Waals surface area contributed by atoms with Gasteiger partial charge in [0.2, 0.25) is 0 Å². The van der Waals surface area contributed by atoms with Crippen LogP contribution in [0.3, 0.4) is 0 Å². The van der Waals surface area contributed by atoms with Gasteiger partial charge in [0.15, 0.2) is 0 Å². The SMILES string of the molecule is CC1CCCCCN1C(=O)NC1CCC1. The zero-order valence-electron chi connectivity index (χ0n) is 9.67. The van der Waals surface area contributed by atoms with Gasteiger partial charge in [0, 0.05) is 18.6 Å². The molecule has 0 aromatic heterocycles. The van der Waals surface area contributed by atoms with Crippen molar-refractivity contribution in [1.82, 2.24) is 10.2 Å². The van der Waals surface area contributed by atoms with Crippen LogP contribution in [0.5, 0.6) is 0 Å². The van der Waals surface area contributed by atoms with Crippen molar-refractivity contribution < 1.29 is 4.79 Å². The molecule has 1 N–H and O–H groups in total. The minimum Gasteiger partial charge on any atom is -0.335 e. The van der Waals surface area contributed by atoms with Gasteiger partial charge in [0.1, 0.15) is 0 Å². The number of hydrogen-bond acceptors (Lipinski definition) is 1. The van der Waals surface area contributed by atoms with Gasteiger partial charge in [-0.3, -0.25) is 0 Å². The van der Waals surface area contributed by atoms with Gasteiger partial charge in [-0.15, -0.1) is 0 Å². The van der Waals surface area contributed by atoms with Crippen LogP contribution in [-0.4, -0.2) is 29.6 Å². The molecule has 1 unspecified atom stereocenters. The lowest BCUT2D eigenvalue weighted by atomic mass is 9.93. The summed E-state index contributed by atoms with van der Waals surface area (Å²) in [5.41, 5.74) is 0. The molecule has 0 aromatic rings. The molecule has 3 nitrogen and oxygen atoms in total. The van der Waals surface area contributed by atoms with E-state index in [4.69, 9.17) is 0 Å². The van der Waals surface area contributed by atoms with Crippen molar-refractivity contribution in [3.8, 4) is 0 Å². The molecule has 2 fully saturated rings. The van der Waals surface area contributed by atoms with Gasteiger partial charge < -0.3 is 10.2 Å². The van der Waals surface area contributed by atoms with E-state index in [-0.39, 0.29) is 6.03 Å². The van der Waals surface area contributed by atoms with Gasteiger partial charge in [0.05, 0.1) is 0 Å². The second-order valence-electron chi connectivity index (χ2n) is 4.97. The lowest BCUT2D eigenvalue weighted by Crippen LogP contribution is -2.50. The topological polar surface area (TPSA) is 32.3 Å². The second kappa shape index (κ2) is 4.86. The molecule has 0 aromatic carbocycles. The summed E-state index contributed by atoms with van der Waals surface area (Å²) in [6.07, 6.45) is 8.51. The Kier molecular flexibility index (Phi) is 3.49. The number of hydrogen-bond donors (Lipinski definition) is 1. The first-order chi connectivity index (χ1) is 7.27. The predicted octanol–water partition coefficient (Wildman–Crippen LogP) is 2.51. The standard InChI is InChI=1S/C12H22N2O/c1-10-6-3-2-4-9-14(10)12(15)13-11-7-5-8-11/h10-11H,2-9H2,1H3,(H,13,15). The summed E-state index contributed by atoms with van der Waals surface area (Å²) in [7, 11) is 0. The lowest BCUT2D eigenvalue weighted by molar-refractivity contribution is 0.170. The van der Waals surface area contributed by atoms with Crippen molar-refractivity contribution in [1.29, 1.82) is 0 Å². The zero-order valence-corrected chi connectivity index (χ0v) is 9.67. The summed E-state index contributed by atoms with van der Waals surface area (Å²) in [4.78, 5) is 14.0. The van der Waals surface area contributed by atoms with Crippen molar-refractivity contribution in [3.05, 3.63) is 0 Å². The van der Waals surface area contributed by atoms with Gasteiger partial charge in [-0.05, 0) is 39.0 Å². The molecule has 0 bridgehead atoms. The van der Waals surface area contributed by atoms with Crippen molar-refractivity contribution in [3.63, 3.8) is 0 Å². The Balaban J connectivity index is 1.85. The molecular formula is C12H22N2O. The lowest BCUT2D eigenvalue weighted by Gasteiger charge is -2.32. The maximum Gasteiger partial charge on any atom is 0.317 e. The third kappa shape index (κ3) is 2.64. The highest BCUT2D eigenvalue weighted by Crippen LogP contribution is 2.20. The van der Waals surface area contributed by atoms with Crippen molar-refractivity contribution in [2.75, 3.05) is 6.54 Å². The fraction of sp³-hybridized carbons (Fsp3) is 0.917. The van der Waals surface area contributed by atoms with Crippen LogP contribution in [0.1, 0.15) is 51.9 Å². The molecule has 1 saturated heterocycles.